The predicted molar refractivity (Wildman–Crippen MR) is 80.4 cm³/mol. The average molecular weight is 308 g/mol. The standard InChI is InChI=1S/C16H15ClFNO2/c1-3-4-9-21-11-5-6-12(14(18)10-11)15-8-7-13(17)16(20)19(15)2/h5-6,8,10,13H,7,9H2,1-2H3. The highest BCUT2D eigenvalue weighted by atomic mass is 35.5. The third kappa shape index (κ3) is 3.37. The normalized spacial score (nSPS) is 17.9. The summed E-state index contributed by atoms with van der Waals surface area (Å²) in [6, 6.07) is 4.54. The van der Waals surface area contributed by atoms with Gasteiger partial charge >= 0.3 is 0 Å². The van der Waals surface area contributed by atoms with E-state index in [1.54, 1.807) is 32.2 Å². The van der Waals surface area contributed by atoms with Gasteiger partial charge in [0.05, 0.1) is 0 Å². The first kappa shape index (κ1) is 15.4. The molecule has 1 aromatic carbocycles. The number of benzene rings is 1. The van der Waals surface area contributed by atoms with E-state index in [1.807, 2.05) is 0 Å². The number of nitrogens with zero attached hydrogens (tertiary/aromatic N) is 1. The van der Waals surface area contributed by atoms with Crippen LogP contribution in [0.5, 0.6) is 5.75 Å². The van der Waals surface area contributed by atoms with Crippen molar-refractivity contribution >= 4 is 23.2 Å². The Morgan fingerprint density at radius 1 is 1.52 bits per heavy atom. The second-order valence-corrected chi connectivity index (χ2v) is 5.07. The van der Waals surface area contributed by atoms with Gasteiger partial charge in [0.2, 0.25) is 5.91 Å². The van der Waals surface area contributed by atoms with Crippen LogP contribution in [0.2, 0.25) is 0 Å². The molecule has 1 aliphatic rings. The first-order valence-corrected chi connectivity index (χ1v) is 6.92. The highest BCUT2D eigenvalue weighted by Gasteiger charge is 2.28. The SMILES string of the molecule is CC#CCOc1ccc(C2=CCC(Cl)C(=O)N2C)c(F)c1. The second kappa shape index (κ2) is 6.64. The minimum atomic E-state index is -0.586. The molecular formula is C16H15ClFNO2. The molecule has 0 radical (unpaired) electrons. The predicted octanol–water partition coefficient (Wildman–Crippen LogP) is 3.04. The third-order valence-corrected chi connectivity index (χ3v) is 3.55. The number of alkyl halides is 1. The molecule has 0 N–H and O–H groups in total. The number of amides is 1. The second-order valence-electron chi connectivity index (χ2n) is 4.55. The third-order valence-electron chi connectivity index (χ3n) is 3.18. The van der Waals surface area contributed by atoms with Crippen molar-refractivity contribution in [1.82, 2.24) is 4.90 Å². The molecule has 0 bridgehead atoms. The van der Waals surface area contributed by atoms with E-state index in [-0.39, 0.29) is 12.5 Å². The number of allylic oxidation sites excluding steroid dienone is 1. The summed E-state index contributed by atoms with van der Waals surface area (Å²) in [4.78, 5) is 13.2. The molecule has 110 valence electrons. The van der Waals surface area contributed by atoms with E-state index in [9.17, 15) is 9.18 Å². The van der Waals surface area contributed by atoms with Crippen molar-refractivity contribution in [1.29, 1.82) is 0 Å². The van der Waals surface area contributed by atoms with Crippen molar-refractivity contribution in [3.63, 3.8) is 0 Å². The van der Waals surface area contributed by atoms with E-state index < -0.39 is 11.2 Å². The first-order valence-electron chi connectivity index (χ1n) is 6.48. The van der Waals surface area contributed by atoms with E-state index in [1.165, 1.54) is 11.0 Å². The molecule has 0 saturated carbocycles. The fourth-order valence-corrected chi connectivity index (χ4v) is 2.29. The Labute approximate surface area is 128 Å². The fourth-order valence-electron chi connectivity index (χ4n) is 2.06. The van der Waals surface area contributed by atoms with E-state index in [2.05, 4.69) is 11.8 Å². The van der Waals surface area contributed by atoms with Crippen molar-refractivity contribution in [3.05, 3.63) is 35.7 Å². The van der Waals surface area contributed by atoms with Gasteiger partial charge in [-0.3, -0.25) is 4.79 Å². The van der Waals surface area contributed by atoms with E-state index in [0.717, 1.165) is 0 Å². The molecule has 1 amide bonds. The van der Waals surface area contributed by atoms with Crippen LogP contribution >= 0.6 is 11.6 Å². The summed E-state index contributed by atoms with van der Waals surface area (Å²) in [6.07, 6.45) is 2.16. The monoisotopic (exact) mass is 307 g/mol. The van der Waals surface area contributed by atoms with Crippen LogP contribution in [-0.2, 0) is 4.79 Å². The van der Waals surface area contributed by atoms with Gasteiger partial charge in [0.1, 0.15) is 23.6 Å². The smallest absolute Gasteiger partial charge is 0.245 e. The maximum absolute atomic E-state index is 14.2. The molecule has 1 atom stereocenters. The van der Waals surface area contributed by atoms with Crippen LogP contribution in [-0.4, -0.2) is 29.8 Å². The zero-order chi connectivity index (χ0) is 15.4. The summed E-state index contributed by atoms with van der Waals surface area (Å²) in [5.41, 5.74) is 0.873. The van der Waals surface area contributed by atoms with Crippen LogP contribution in [0.25, 0.3) is 5.70 Å². The Morgan fingerprint density at radius 2 is 2.29 bits per heavy atom. The number of rotatable bonds is 3. The lowest BCUT2D eigenvalue weighted by molar-refractivity contribution is -0.126. The summed E-state index contributed by atoms with van der Waals surface area (Å²) in [6.45, 7) is 1.92. The molecule has 5 heteroatoms. The van der Waals surface area contributed by atoms with Crippen LogP contribution < -0.4 is 4.74 Å². The Kier molecular flexibility index (Phi) is 4.87. The van der Waals surface area contributed by atoms with Crippen molar-refractivity contribution in [2.45, 2.75) is 18.7 Å². The summed E-state index contributed by atoms with van der Waals surface area (Å²) in [5.74, 6) is 5.16. The van der Waals surface area contributed by atoms with Gasteiger partial charge in [-0.25, -0.2) is 4.39 Å². The minimum Gasteiger partial charge on any atom is -0.481 e. The summed E-state index contributed by atoms with van der Waals surface area (Å²) in [7, 11) is 1.59. The Hall–Kier alpha value is -1.99. The van der Waals surface area contributed by atoms with Crippen LogP contribution in [0.1, 0.15) is 18.9 Å². The lowest BCUT2D eigenvalue weighted by atomic mass is 10.0. The molecule has 0 fully saturated rings. The maximum atomic E-state index is 14.2. The minimum absolute atomic E-state index is 0.213. The lowest BCUT2D eigenvalue weighted by Gasteiger charge is -2.27. The molecule has 0 saturated heterocycles. The van der Waals surface area contributed by atoms with Crippen LogP contribution in [0, 0.1) is 17.7 Å². The van der Waals surface area contributed by atoms with Crippen LogP contribution in [0.3, 0.4) is 0 Å². The lowest BCUT2D eigenvalue weighted by Crippen LogP contribution is -2.35. The highest BCUT2D eigenvalue weighted by molar-refractivity contribution is 6.31. The summed E-state index contributed by atoms with van der Waals surface area (Å²) >= 11 is 5.89. The maximum Gasteiger partial charge on any atom is 0.245 e. The quantitative estimate of drug-likeness (QED) is 0.634. The van der Waals surface area contributed by atoms with Gasteiger partial charge in [0.25, 0.3) is 0 Å². The molecule has 21 heavy (non-hydrogen) atoms. The van der Waals surface area contributed by atoms with Crippen molar-refractivity contribution in [2.75, 3.05) is 13.7 Å². The van der Waals surface area contributed by atoms with Crippen molar-refractivity contribution in [3.8, 4) is 17.6 Å². The molecule has 3 nitrogen and oxygen atoms in total. The molecule has 0 aromatic heterocycles. The van der Waals surface area contributed by atoms with Gasteiger partial charge in [-0.05, 0) is 25.5 Å². The largest absolute Gasteiger partial charge is 0.481 e. The van der Waals surface area contributed by atoms with Gasteiger partial charge in [-0.2, -0.15) is 0 Å². The summed E-state index contributed by atoms with van der Waals surface area (Å²) < 4.78 is 19.5. The molecule has 2 rings (SSSR count). The molecule has 0 aliphatic carbocycles. The molecule has 1 aliphatic heterocycles. The summed E-state index contributed by atoms with van der Waals surface area (Å²) in [5, 5.41) is -0.586. The van der Waals surface area contributed by atoms with Crippen molar-refractivity contribution in [2.24, 2.45) is 0 Å². The van der Waals surface area contributed by atoms with Gasteiger partial charge in [-0.15, -0.1) is 17.5 Å². The average Bonchev–Trinajstić information content (AvgIpc) is 2.46. The van der Waals surface area contributed by atoms with E-state index >= 15 is 0 Å². The molecule has 1 heterocycles. The molecule has 0 spiro atoms. The van der Waals surface area contributed by atoms with Crippen molar-refractivity contribution < 1.29 is 13.9 Å². The number of carbonyl (C=O) groups is 1. The number of ether oxygens (including phenoxy) is 1. The van der Waals surface area contributed by atoms with E-state index in [4.69, 9.17) is 16.3 Å². The van der Waals surface area contributed by atoms with Crippen LogP contribution in [0.15, 0.2) is 24.3 Å². The number of hydrogen-bond donors (Lipinski definition) is 0. The zero-order valence-electron chi connectivity index (χ0n) is 11.8. The topological polar surface area (TPSA) is 29.5 Å². The molecule has 1 aromatic rings. The Morgan fingerprint density at radius 3 is 2.95 bits per heavy atom. The molecular weight excluding hydrogens is 293 g/mol. The first-order chi connectivity index (χ1) is 10.0. The van der Waals surface area contributed by atoms with Gasteiger partial charge in [0, 0.05) is 24.4 Å². The van der Waals surface area contributed by atoms with E-state index in [0.29, 0.717) is 23.4 Å². The number of carbonyl (C=O) groups excluding carboxylic acids is 1. The van der Waals surface area contributed by atoms with Gasteiger partial charge in [0.15, 0.2) is 0 Å². The van der Waals surface area contributed by atoms with Gasteiger partial charge in [-0.1, -0.05) is 12.0 Å². The Balaban J connectivity index is 2.24. The van der Waals surface area contributed by atoms with Gasteiger partial charge < -0.3 is 9.64 Å². The fraction of sp³-hybridized carbons (Fsp3) is 0.312. The number of halogens is 2. The molecule has 1 unspecified atom stereocenters. The highest BCUT2D eigenvalue weighted by Crippen LogP contribution is 2.29. The zero-order valence-corrected chi connectivity index (χ0v) is 12.6. The Bertz CT molecular complexity index is 645. The van der Waals surface area contributed by atoms with Crippen LogP contribution in [0.4, 0.5) is 4.39 Å². The number of hydrogen-bond acceptors (Lipinski definition) is 2.